The van der Waals surface area contributed by atoms with E-state index in [-0.39, 0.29) is 11.9 Å². The van der Waals surface area contributed by atoms with Crippen LogP contribution in [0.5, 0.6) is 0 Å². The highest BCUT2D eigenvalue weighted by molar-refractivity contribution is 5.86. The van der Waals surface area contributed by atoms with E-state index >= 15 is 0 Å². The number of benzene rings is 1. The number of carbonyl (C=O) groups excluding carboxylic acids is 2. The van der Waals surface area contributed by atoms with Gasteiger partial charge in [0, 0.05) is 27.2 Å². The van der Waals surface area contributed by atoms with Crippen LogP contribution in [-0.2, 0) is 10.2 Å². The van der Waals surface area contributed by atoms with E-state index in [4.69, 9.17) is 0 Å². The Balaban J connectivity index is 2.00. The first kappa shape index (κ1) is 18.8. The summed E-state index contributed by atoms with van der Waals surface area (Å²) >= 11 is 0. The highest BCUT2D eigenvalue weighted by atomic mass is 16.2. The van der Waals surface area contributed by atoms with Gasteiger partial charge in [-0.15, -0.1) is 0 Å². The van der Waals surface area contributed by atoms with Crippen LogP contribution in [0.25, 0.3) is 0 Å². The zero-order valence-electron chi connectivity index (χ0n) is 15.2. The Bertz CT molecular complexity index is 643. The Morgan fingerprint density at radius 2 is 1.88 bits per heavy atom. The second-order valence-corrected chi connectivity index (χ2v) is 6.69. The smallest absolute Gasteiger partial charge is 0.318 e. The largest absolute Gasteiger partial charge is 0.347 e. The van der Waals surface area contributed by atoms with Crippen molar-refractivity contribution in [2.24, 2.45) is 0 Å². The molecule has 3 amide bonds. The lowest BCUT2D eigenvalue weighted by molar-refractivity contribution is -0.130. The van der Waals surface area contributed by atoms with Crippen LogP contribution >= 0.6 is 0 Å². The van der Waals surface area contributed by atoms with Crippen LogP contribution in [0.15, 0.2) is 30.3 Å². The molecule has 1 heterocycles. The van der Waals surface area contributed by atoms with Crippen LogP contribution in [0.1, 0.15) is 31.7 Å². The lowest BCUT2D eigenvalue weighted by Gasteiger charge is -2.38. The predicted octanol–water partition coefficient (Wildman–Crippen LogP) is 2.12. The summed E-state index contributed by atoms with van der Waals surface area (Å²) in [4.78, 5) is 27.8. The van der Waals surface area contributed by atoms with Crippen LogP contribution in [-0.4, -0.2) is 55.0 Å². The number of rotatable bonds is 4. The van der Waals surface area contributed by atoms with Gasteiger partial charge in [0.05, 0.1) is 11.5 Å². The molecule has 1 atom stereocenters. The molecular weight excluding hydrogens is 316 g/mol. The van der Waals surface area contributed by atoms with Crippen molar-refractivity contribution in [3.8, 4) is 6.07 Å². The van der Waals surface area contributed by atoms with Crippen molar-refractivity contribution >= 4 is 11.9 Å². The molecule has 1 unspecified atom stereocenters. The molecule has 6 nitrogen and oxygen atoms in total. The minimum Gasteiger partial charge on any atom is -0.347 e. The average molecular weight is 342 g/mol. The van der Waals surface area contributed by atoms with Gasteiger partial charge < -0.3 is 15.1 Å². The molecule has 0 aromatic heterocycles. The summed E-state index contributed by atoms with van der Waals surface area (Å²) in [7, 11) is 3.36. The Labute approximate surface area is 149 Å². The third-order valence-corrected chi connectivity index (χ3v) is 4.89. The van der Waals surface area contributed by atoms with Crippen molar-refractivity contribution in [2.75, 3.05) is 27.2 Å². The number of amides is 3. The Morgan fingerprint density at radius 1 is 1.28 bits per heavy atom. The zero-order chi connectivity index (χ0) is 18.4. The fourth-order valence-electron chi connectivity index (χ4n) is 3.20. The van der Waals surface area contributed by atoms with E-state index in [1.807, 2.05) is 37.3 Å². The van der Waals surface area contributed by atoms with Crippen LogP contribution in [0, 0.1) is 11.3 Å². The molecule has 0 spiro atoms. The number of likely N-dealkylation sites (tertiary alicyclic amines) is 1. The van der Waals surface area contributed by atoms with Crippen LogP contribution in [0.3, 0.4) is 0 Å². The third kappa shape index (κ3) is 4.11. The fraction of sp³-hybridized carbons (Fsp3) is 0.526. The monoisotopic (exact) mass is 342 g/mol. The maximum atomic E-state index is 12.5. The third-order valence-electron chi connectivity index (χ3n) is 4.89. The van der Waals surface area contributed by atoms with Gasteiger partial charge in [-0.25, -0.2) is 4.79 Å². The normalized spacial score (nSPS) is 17.3. The summed E-state index contributed by atoms with van der Waals surface area (Å²) in [5, 5.41) is 12.5. The van der Waals surface area contributed by atoms with Gasteiger partial charge in [0.15, 0.2) is 0 Å². The minimum atomic E-state index is -0.540. The molecule has 0 radical (unpaired) electrons. The highest BCUT2D eigenvalue weighted by Gasteiger charge is 2.38. The lowest BCUT2D eigenvalue weighted by Crippen LogP contribution is -2.53. The zero-order valence-corrected chi connectivity index (χ0v) is 15.2. The fourth-order valence-corrected chi connectivity index (χ4v) is 3.20. The van der Waals surface area contributed by atoms with Crippen molar-refractivity contribution in [1.29, 1.82) is 5.26 Å². The van der Waals surface area contributed by atoms with Crippen molar-refractivity contribution in [1.82, 2.24) is 15.1 Å². The van der Waals surface area contributed by atoms with Crippen molar-refractivity contribution in [3.05, 3.63) is 35.9 Å². The van der Waals surface area contributed by atoms with Gasteiger partial charge in [-0.1, -0.05) is 37.3 Å². The number of hydrogen-bond donors (Lipinski definition) is 1. The Morgan fingerprint density at radius 3 is 2.36 bits per heavy atom. The highest BCUT2D eigenvalue weighted by Crippen LogP contribution is 2.34. The number of hydrogen-bond acceptors (Lipinski definition) is 3. The molecule has 0 aliphatic carbocycles. The van der Waals surface area contributed by atoms with E-state index in [1.54, 1.807) is 19.0 Å². The van der Waals surface area contributed by atoms with Crippen LogP contribution in [0.2, 0.25) is 0 Å². The summed E-state index contributed by atoms with van der Waals surface area (Å²) in [6.07, 6.45) is 1.74. The second-order valence-electron chi connectivity index (χ2n) is 6.69. The standard InChI is InChI=1S/C19H26N4O2/c1-4-16(17(24)22(2)3)21-18(25)23-12-10-19(14-20,11-13-23)15-8-6-5-7-9-15/h5-9,16H,4,10-13H2,1-3H3,(H,21,25). The lowest BCUT2D eigenvalue weighted by atomic mass is 9.74. The van der Waals surface area contributed by atoms with E-state index < -0.39 is 11.5 Å². The summed E-state index contributed by atoms with van der Waals surface area (Å²) in [5.41, 5.74) is 0.466. The molecule has 0 bridgehead atoms. The second kappa shape index (κ2) is 8.02. The topological polar surface area (TPSA) is 76.4 Å². The molecule has 1 saturated heterocycles. The average Bonchev–Trinajstić information content (AvgIpc) is 2.66. The van der Waals surface area contributed by atoms with E-state index in [9.17, 15) is 14.9 Å². The SMILES string of the molecule is CCC(NC(=O)N1CCC(C#N)(c2ccccc2)CC1)C(=O)N(C)C. The molecule has 0 saturated carbocycles. The first-order valence-electron chi connectivity index (χ1n) is 8.67. The Kier molecular flexibility index (Phi) is 6.02. The molecular formula is C19H26N4O2. The van der Waals surface area contributed by atoms with Gasteiger partial charge >= 0.3 is 6.03 Å². The molecule has 1 aliphatic rings. The number of nitriles is 1. The molecule has 2 rings (SSSR count). The summed E-state index contributed by atoms with van der Waals surface area (Å²) in [6, 6.07) is 11.5. The maximum Gasteiger partial charge on any atom is 0.318 e. The first-order chi connectivity index (χ1) is 11.9. The molecule has 1 aromatic rings. The van der Waals surface area contributed by atoms with Gasteiger partial charge in [0.25, 0.3) is 0 Å². The van der Waals surface area contributed by atoms with Crippen molar-refractivity contribution in [2.45, 2.75) is 37.6 Å². The van der Waals surface area contributed by atoms with Gasteiger partial charge in [-0.3, -0.25) is 4.79 Å². The molecule has 1 aromatic carbocycles. The van der Waals surface area contributed by atoms with Crippen molar-refractivity contribution < 1.29 is 9.59 Å². The quantitative estimate of drug-likeness (QED) is 0.910. The summed E-state index contributed by atoms with van der Waals surface area (Å²) in [6.45, 7) is 2.88. The maximum absolute atomic E-state index is 12.5. The number of urea groups is 1. The van der Waals surface area contributed by atoms with Gasteiger partial charge in [0.1, 0.15) is 6.04 Å². The van der Waals surface area contributed by atoms with Crippen LogP contribution < -0.4 is 5.32 Å². The minimum absolute atomic E-state index is 0.108. The molecule has 1 aliphatic heterocycles. The molecule has 1 N–H and O–H groups in total. The van der Waals surface area contributed by atoms with Gasteiger partial charge in [-0.05, 0) is 24.8 Å². The number of piperidine rings is 1. The number of nitrogens with zero attached hydrogens (tertiary/aromatic N) is 3. The molecule has 1 fully saturated rings. The van der Waals surface area contributed by atoms with E-state index in [0.29, 0.717) is 32.4 Å². The van der Waals surface area contributed by atoms with Crippen molar-refractivity contribution in [3.63, 3.8) is 0 Å². The number of nitrogens with one attached hydrogen (secondary N) is 1. The summed E-state index contributed by atoms with van der Waals surface area (Å²) < 4.78 is 0. The number of carbonyl (C=O) groups is 2. The molecule has 25 heavy (non-hydrogen) atoms. The van der Waals surface area contributed by atoms with Gasteiger partial charge in [-0.2, -0.15) is 5.26 Å². The van der Waals surface area contributed by atoms with E-state index in [0.717, 1.165) is 5.56 Å². The summed E-state index contributed by atoms with van der Waals surface area (Å²) in [5.74, 6) is -0.108. The van der Waals surface area contributed by atoms with E-state index in [2.05, 4.69) is 11.4 Å². The molecule has 134 valence electrons. The predicted molar refractivity (Wildman–Crippen MR) is 95.8 cm³/mol. The van der Waals surface area contributed by atoms with E-state index in [1.165, 1.54) is 4.90 Å². The van der Waals surface area contributed by atoms with Crippen LogP contribution in [0.4, 0.5) is 4.79 Å². The number of likely N-dealkylation sites (N-methyl/N-ethyl adjacent to an activating group) is 1. The van der Waals surface area contributed by atoms with Gasteiger partial charge in [0.2, 0.25) is 5.91 Å². The Hall–Kier alpha value is -2.55. The molecule has 6 heteroatoms. The first-order valence-corrected chi connectivity index (χ1v) is 8.67.